The fourth-order valence-corrected chi connectivity index (χ4v) is 2.14. The van der Waals surface area contributed by atoms with Gasteiger partial charge in [-0.15, -0.1) is 0 Å². The minimum atomic E-state index is -0.879. The van der Waals surface area contributed by atoms with Crippen molar-refractivity contribution in [3.63, 3.8) is 0 Å². The van der Waals surface area contributed by atoms with Crippen LogP contribution >= 0.6 is 15.9 Å². The Balaban J connectivity index is 2.13. The van der Waals surface area contributed by atoms with E-state index in [1.807, 2.05) is 6.07 Å². The largest absolute Gasteiger partial charge is 0.465 e. The number of anilines is 1. The second-order valence-corrected chi connectivity index (χ2v) is 5.32. The number of carbonyl (C=O) groups excluding carboxylic acids is 2. The second-order valence-electron chi connectivity index (χ2n) is 4.46. The van der Waals surface area contributed by atoms with Gasteiger partial charge in [0.1, 0.15) is 6.61 Å². The molecule has 1 N–H and O–H groups in total. The van der Waals surface area contributed by atoms with Crippen molar-refractivity contribution in [2.24, 2.45) is 0 Å². The lowest BCUT2D eigenvalue weighted by Crippen LogP contribution is -2.18. The van der Waals surface area contributed by atoms with Crippen LogP contribution in [0.1, 0.15) is 15.9 Å². The van der Waals surface area contributed by atoms with E-state index < -0.39 is 17.9 Å². The Bertz CT molecular complexity index is 722. The van der Waals surface area contributed by atoms with E-state index >= 15 is 0 Å². The first-order valence-electron chi connectivity index (χ1n) is 6.57. The zero-order valence-corrected chi connectivity index (χ0v) is 13.7. The number of amides is 1. The van der Waals surface area contributed by atoms with Gasteiger partial charge < -0.3 is 9.47 Å². The Morgan fingerprint density at radius 2 is 1.87 bits per heavy atom. The summed E-state index contributed by atoms with van der Waals surface area (Å²) >= 11 is 3.00. The highest BCUT2D eigenvalue weighted by molar-refractivity contribution is 9.10. The number of halogens is 2. The highest BCUT2D eigenvalue weighted by Crippen LogP contribution is 2.27. The van der Waals surface area contributed by atoms with Crippen molar-refractivity contribution in [1.29, 1.82) is 0 Å². The Labute approximate surface area is 140 Å². The summed E-state index contributed by atoms with van der Waals surface area (Å²) < 4.78 is 23.8. The number of esters is 1. The molecule has 7 heteroatoms. The molecule has 2 rings (SSSR count). The molecular formula is C16H13BrFNO4. The standard InChI is InChI=1S/C16H13BrFNO4/c1-22-15(20)11-7-8-12(17)13(18)14(11)19-16(21)23-9-10-5-3-2-4-6-10/h2-8H,9H2,1H3,(H,19,21). The third-order valence-electron chi connectivity index (χ3n) is 2.94. The molecule has 0 saturated carbocycles. The fraction of sp³-hybridized carbons (Fsp3) is 0.125. The van der Waals surface area contributed by atoms with Crippen molar-refractivity contribution in [2.75, 3.05) is 12.4 Å². The van der Waals surface area contributed by atoms with E-state index in [4.69, 9.17) is 4.74 Å². The molecule has 0 heterocycles. The molecule has 0 aliphatic heterocycles. The van der Waals surface area contributed by atoms with Gasteiger partial charge >= 0.3 is 12.1 Å². The van der Waals surface area contributed by atoms with Gasteiger partial charge in [-0.1, -0.05) is 30.3 Å². The lowest BCUT2D eigenvalue weighted by Gasteiger charge is -2.12. The van der Waals surface area contributed by atoms with E-state index in [0.717, 1.165) is 5.56 Å². The van der Waals surface area contributed by atoms with Crippen molar-refractivity contribution in [1.82, 2.24) is 0 Å². The maximum absolute atomic E-state index is 14.2. The highest BCUT2D eigenvalue weighted by Gasteiger charge is 2.20. The lowest BCUT2D eigenvalue weighted by atomic mass is 10.1. The molecule has 0 aromatic heterocycles. The maximum atomic E-state index is 14.2. The van der Waals surface area contributed by atoms with Crippen LogP contribution in [-0.2, 0) is 16.1 Å². The third-order valence-corrected chi connectivity index (χ3v) is 3.55. The highest BCUT2D eigenvalue weighted by atomic mass is 79.9. The van der Waals surface area contributed by atoms with Gasteiger partial charge in [-0.3, -0.25) is 5.32 Å². The first-order chi connectivity index (χ1) is 11.0. The van der Waals surface area contributed by atoms with Gasteiger partial charge in [-0.25, -0.2) is 14.0 Å². The van der Waals surface area contributed by atoms with Crippen LogP contribution in [0.4, 0.5) is 14.9 Å². The van der Waals surface area contributed by atoms with Gasteiger partial charge in [-0.05, 0) is 33.6 Å². The van der Waals surface area contributed by atoms with E-state index in [-0.39, 0.29) is 22.3 Å². The SMILES string of the molecule is COC(=O)c1ccc(Br)c(F)c1NC(=O)OCc1ccccc1. The first-order valence-corrected chi connectivity index (χ1v) is 7.36. The van der Waals surface area contributed by atoms with Crippen LogP contribution in [0.2, 0.25) is 0 Å². The van der Waals surface area contributed by atoms with Crippen molar-refractivity contribution >= 4 is 33.7 Å². The molecule has 0 aliphatic rings. The van der Waals surface area contributed by atoms with Gasteiger partial charge in [-0.2, -0.15) is 0 Å². The number of nitrogens with one attached hydrogen (secondary N) is 1. The summed E-state index contributed by atoms with van der Waals surface area (Å²) in [4.78, 5) is 23.5. The number of benzene rings is 2. The summed E-state index contributed by atoms with van der Waals surface area (Å²) in [6.45, 7) is 0.0237. The third kappa shape index (κ3) is 4.29. The molecule has 0 atom stereocenters. The average Bonchev–Trinajstić information content (AvgIpc) is 2.57. The van der Waals surface area contributed by atoms with Crippen molar-refractivity contribution in [3.05, 3.63) is 63.9 Å². The molecular weight excluding hydrogens is 369 g/mol. The van der Waals surface area contributed by atoms with Gasteiger partial charge in [0.15, 0.2) is 5.82 Å². The predicted octanol–water partition coefficient (Wildman–Crippen LogP) is 4.12. The molecule has 0 bridgehead atoms. The van der Waals surface area contributed by atoms with Crippen LogP contribution in [0.15, 0.2) is 46.9 Å². The molecule has 0 spiro atoms. The van der Waals surface area contributed by atoms with Crippen LogP contribution < -0.4 is 5.32 Å². The Morgan fingerprint density at radius 1 is 1.17 bits per heavy atom. The van der Waals surface area contributed by atoms with Gasteiger partial charge in [0.2, 0.25) is 0 Å². The molecule has 120 valence electrons. The molecule has 23 heavy (non-hydrogen) atoms. The molecule has 5 nitrogen and oxygen atoms in total. The van der Waals surface area contributed by atoms with Crippen LogP contribution in [0.25, 0.3) is 0 Å². The molecule has 0 radical (unpaired) electrons. The topological polar surface area (TPSA) is 64.6 Å². The Kier molecular flexibility index (Phi) is 5.70. The molecule has 0 aliphatic carbocycles. The minimum Gasteiger partial charge on any atom is -0.465 e. The fourth-order valence-electron chi connectivity index (χ4n) is 1.81. The number of carbonyl (C=O) groups is 2. The van der Waals surface area contributed by atoms with Crippen molar-refractivity contribution in [3.8, 4) is 0 Å². The van der Waals surface area contributed by atoms with Gasteiger partial charge in [0, 0.05) is 0 Å². The van der Waals surface area contributed by atoms with Crippen LogP contribution in [0, 0.1) is 5.82 Å². The summed E-state index contributed by atoms with van der Waals surface area (Å²) in [5.74, 6) is -1.56. The number of hydrogen-bond acceptors (Lipinski definition) is 4. The van der Waals surface area contributed by atoms with E-state index in [1.54, 1.807) is 24.3 Å². The first kappa shape index (κ1) is 17.0. The van der Waals surface area contributed by atoms with E-state index in [0.29, 0.717) is 0 Å². The Morgan fingerprint density at radius 3 is 2.52 bits per heavy atom. The van der Waals surface area contributed by atoms with Gasteiger partial charge in [0.25, 0.3) is 0 Å². The predicted molar refractivity (Wildman–Crippen MR) is 85.7 cm³/mol. The lowest BCUT2D eigenvalue weighted by molar-refractivity contribution is 0.0601. The van der Waals surface area contributed by atoms with E-state index in [1.165, 1.54) is 19.2 Å². The summed E-state index contributed by atoms with van der Waals surface area (Å²) in [5.41, 5.74) is 0.375. The van der Waals surface area contributed by atoms with Crippen LogP contribution in [0.3, 0.4) is 0 Å². The van der Waals surface area contributed by atoms with Crippen LogP contribution in [0.5, 0.6) is 0 Å². The van der Waals surface area contributed by atoms with Crippen LogP contribution in [-0.4, -0.2) is 19.2 Å². The quantitative estimate of drug-likeness (QED) is 0.808. The second kappa shape index (κ2) is 7.73. The number of methoxy groups -OCH3 is 1. The smallest absolute Gasteiger partial charge is 0.412 e. The molecule has 2 aromatic rings. The van der Waals surface area contributed by atoms with E-state index in [2.05, 4.69) is 26.0 Å². The maximum Gasteiger partial charge on any atom is 0.412 e. The number of ether oxygens (including phenoxy) is 2. The Hall–Kier alpha value is -2.41. The summed E-state index contributed by atoms with van der Waals surface area (Å²) in [6, 6.07) is 11.7. The summed E-state index contributed by atoms with van der Waals surface area (Å²) in [5, 5.41) is 2.24. The average molecular weight is 382 g/mol. The monoisotopic (exact) mass is 381 g/mol. The number of rotatable bonds is 4. The summed E-state index contributed by atoms with van der Waals surface area (Å²) in [6.07, 6.45) is -0.879. The molecule has 0 unspecified atom stereocenters. The summed E-state index contributed by atoms with van der Waals surface area (Å²) in [7, 11) is 1.17. The molecule has 1 amide bonds. The van der Waals surface area contributed by atoms with Gasteiger partial charge in [0.05, 0.1) is 22.8 Å². The molecule has 2 aromatic carbocycles. The van der Waals surface area contributed by atoms with Crippen molar-refractivity contribution in [2.45, 2.75) is 6.61 Å². The normalized spacial score (nSPS) is 10.0. The molecule has 0 saturated heterocycles. The van der Waals surface area contributed by atoms with Crippen molar-refractivity contribution < 1.29 is 23.5 Å². The minimum absolute atomic E-state index is 0.0237. The van der Waals surface area contributed by atoms with E-state index in [9.17, 15) is 14.0 Å². The number of hydrogen-bond donors (Lipinski definition) is 1. The molecule has 0 fully saturated rings. The zero-order chi connectivity index (χ0) is 16.8. The zero-order valence-electron chi connectivity index (χ0n) is 12.1.